The summed E-state index contributed by atoms with van der Waals surface area (Å²) in [4.78, 5) is 22.9. The molecule has 0 unspecified atom stereocenters. The number of aromatic nitrogens is 2. The number of non-ortho nitro benzene ring substituents is 1. The smallest absolute Gasteiger partial charge is 0.275 e. The third-order valence-electron chi connectivity index (χ3n) is 3.85. The average Bonchev–Trinajstić information content (AvgIpc) is 3.12. The Kier molecular flexibility index (Phi) is 6.30. The summed E-state index contributed by atoms with van der Waals surface area (Å²) in [7, 11) is 1.55. The number of anilines is 1. The lowest BCUT2D eigenvalue weighted by molar-refractivity contribution is -0.384. The van der Waals surface area contributed by atoms with Crippen molar-refractivity contribution >= 4 is 28.9 Å². The van der Waals surface area contributed by atoms with Gasteiger partial charge in [0.15, 0.2) is 0 Å². The maximum atomic E-state index is 12.2. The fraction of sp³-hybridized carbons (Fsp3) is 0.158. The molecule has 0 aliphatic rings. The highest BCUT2D eigenvalue weighted by Gasteiger charge is 2.13. The standard InChI is InChI=1S/C19H17ClN4O5/c1-28-16-2-4-17(5-3-16)29-18-9-14(8-15(10-18)24(26)27)22-19(25)6-7-23-12-13(20)11-21-23/h2-5,8-12H,6-7H2,1H3,(H,22,25). The zero-order valence-electron chi connectivity index (χ0n) is 15.4. The van der Waals surface area contributed by atoms with Crippen LogP contribution in [0.5, 0.6) is 17.2 Å². The van der Waals surface area contributed by atoms with E-state index < -0.39 is 4.92 Å². The minimum absolute atomic E-state index is 0.120. The molecule has 150 valence electrons. The van der Waals surface area contributed by atoms with E-state index in [1.165, 1.54) is 29.1 Å². The lowest BCUT2D eigenvalue weighted by Crippen LogP contribution is -2.14. The molecule has 0 saturated carbocycles. The molecule has 0 aliphatic carbocycles. The molecule has 0 saturated heterocycles. The van der Waals surface area contributed by atoms with Gasteiger partial charge in [-0.25, -0.2) is 0 Å². The number of benzene rings is 2. The summed E-state index contributed by atoms with van der Waals surface area (Å²) in [6.07, 6.45) is 3.20. The molecule has 0 fully saturated rings. The molecule has 3 rings (SSSR count). The van der Waals surface area contributed by atoms with E-state index in [0.29, 0.717) is 23.1 Å². The van der Waals surface area contributed by atoms with Crippen LogP contribution >= 0.6 is 11.6 Å². The van der Waals surface area contributed by atoms with Gasteiger partial charge in [0, 0.05) is 31.3 Å². The van der Waals surface area contributed by atoms with Crippen LogP contribution < -0.4 is 14.8 Å². The number of nitro groups is 1. The molecule has 1 N–H and O–H groups in total. The van der Waals surface area contributed by atoms with Crippen molar-refractivity contribution in [1.82, 2.24) is 9.78 Å². The number of aryl methyl sites for hydroxylation is 1. The minimum atomic E-state index is -0.553. The largest absolute Gasteiger partial charge is 0.497 e. The summed E-state index contributed by atoms with van der Waals surface area (Å²) in [5.41, 5.74) is 0.0522. The van der Waals surface area contributed by atoms with Crippen LogP contribution in [0.3, 0.4) is 0 Å². The van der Waals surface area contributed by atoms with E-state index >= 15 is 0 Å². The molecule has 0 atom stereocenters. The molecule has 29 heavy (non-hydrogen) atoms. The number of rotatable bonds is 8. The first-order valence-electron chi connectivity index (χ1n) is 8.52. The number of nitrogens with zero attached hydrogens (tertiary/aromatic N) is 3. The van der Waals surface area contributed by atoms with E-state index in [9.17, 15) is 14.9 Å². The molecule has 0 radical (unpaired) electrons. The molecule has 0 aliphatic heterocycles. The number of amides is 1. The second kappa shape index (κ2) is 9.07. The van der Waals surface area contributed by atoms with Crippen molar-refractivity contribution < 1.29 is 19.2 Å². The number of nitrogens with one attached hydrogen (secondary N) is 1. The van der Waals surface area contributed by atoms with E-state index in [-0.39, 0.29) is 29.5 Å². The Morgan fingerprint density at radius 1 is 1.21 bits per heavy atom. The summed E-state index contributed by atoms with van der Waals surface area (Å²) >= 11 is 5.78. The highest BCUT2D eigenvalue weighted by Crippen LogP contribution is 2.30. The summed E-state index contributed by atoms with van der Waals surface area (Å²) in [5, 5.41) is 18.3. The Labute approximate surface area is 171 Å². The Hall–Kier alpha value is -3.59. The second-order valence-corrected chi connectivity index (χ2v) is 6.41. The van der Waals surface area contributed by atoms with Gasteiger partial charge in [0.25, 0.3) is 5.69 Å². The van der Waals surface area contributed by atoms with Crippen LogP contribution in [0.2, 0.25) is 5.02 Å². The monoisotopic (exact) mass is 416 g/mol. The van der Waals surface area contributed by atoms with E-state index in [4.69, 9.17) is 21.1 Å². The number of hydrogen-bond donors (Lipinski definition) is 1. The van der Waals surface area contributed by atoms with Crippen LogP contribution in [0.15, 0.2) is 54.9 Å². The molecule has 1 aromatic heterocycles. The first-order chi connectivity index (χ1) is 13.9. The Morgan fingerprint density at radius 2 is 1.93 bits per heavy atom. The van der Waals surface area contributed by atoms with E-state index in [0.717, 1.165) is 0 Å². The molecular weight excluding hydrogens is 400 g/mol. The number of nitro benzene ring substituents is 1. The fourth-order valence-electron chi connectivity index (χ4n) is 2.50. The van der Waals surface area contributed by atoms with E-state index in [1.807, 2.05) is 0 Å². The van der Waals surface area contributed by atoms with Crippen LogP contribution in [0, 0.1) is 10.1 Å². The summed E-state index contributed by atoms with van der Waals surface area (Å²) in [5.74, 6) is 1.02. The van der Waals surface area contributed by atoms with Crippen molar-refractivity contribution in [2.45, 2.75) is 13.0 Å². The van der Waals surface area contributed by atoms with Gasteiger partial charge in [-0.3, -0.25) is 19.6 Å². The van der Waals surface area contributed by atoms with Gasteiger partial charge in [0.1, 0.15) is 17.2 Å². The second-order valence-electron chi connectivity index (χ2n) is 5.97. The van der Waals surface area contributed by atoms with Crippen LogP contribution in [-0.4, -0.2) is 27.7 Å². The molecule has 3 aromatic rings. The lowest BCUT2D eigenvalue weighted by atomic mass is 10.2. The quantitative estimate of drug-likeness (QED) is 0.433. The first kappa shape index (κ1) is 20.2. The Bertz CT molecular complexity index is 1020. The molecule has 1 amide bonds. The van der Waals surface area contributed by atoms with Gasteiger partial charge in [-0.1, -0.05) is 11.6 Å². The molecule has 10 heteroatoms. The summed E-state index contributed by atoms with van der Waals surface area (Å²) in [6.45, 7) is 0.322. The van der Waals surface area contributed by atoms with Gasteiger partial charge in [-0.2, -0.15) is 5.10 Å². The Morgan fingerprint density at radius 3 is 2.55 bits per heavy atom. The Balaban J connectivity index is 1.71. The van der Waals surface area contributed by atoms with Crippen molar-refractivity contribution in [3.05, 3.63) is 70.0 Å². The average molecular weight is 417 g/mol. The summed E-state index contributed by atoms with van der Waals surface area (Å²) < 4.78 is 12.3. The highest BCUT2D eigenvalue weighted by molar-refractivity contribution is 6.30. The molecule has 0 spiro atoms. The predicted octanol–water partition coefficient (Wildman–Crippen LogP) is 4.27. The number of carbonyl (C=O) groups excluding carboxylic acids is 1. The van der Waals surface area contributed by atoms with Crippen LogP contribution in [0.25, 0.3) is 0 Å². The van der Waals surface area contributed by atoms with Gasteiger partial charge in [-0.05, 0) is 24.3 Å². The number of ether oxygens (including phenoxy) is 2. The molecular formula is C19H17ClN4O5. The van der Waals surface area contributed by atoms with Crippen LogP contribution in [0.4, 0.5) is 11.4 Å². The first-order valence-corrected chi connectivity index (χ1v) is 8.90. The third-order valence-corrected chi connectivity index (χ3v) is 4.05. The maximum absolute atomic E-state index is 12.2. The van der Waals surface area contributed by atoms with Crippen LogP contribution in [0.1, 0.15) is 6.42 Å². The van der Waals surface area contributed by atoms with Crippen LogP contribution in [-0.2, 0) is 11.3 Å². The predicted molar refractivity (Wildman–Crippen MR) is 107 cm³/mol. The number of methoxy groups -OCH3 is 1. The maximum Gasteiger partial charge on any atom is 0.275 e. The zero-order chi connectivity index (χ0) is 20.8. The third kappa shape index (κ3) is 5.69. The van der Waals surface area contributed by atoms with Gasteiger partial charge in [0.05, 0.1) is 35.0 Å². The molecule has 2 aromatic carbocycles. The molecule has 9 nitrogen and oxygen atoms in total. The SMILES string of the molecule is COc1ccc(Oc2cc(NC(=O)CCn3cc(Cl)cn3)cc([N+](=O)[O-])c2)cc1. The van der Waals surface area contributed by atoms with Crippen molar-refractivity contribution in [1.29, 1.82) is 0 Å². The normalized spacial score (nSPS) is 10.4. The van der Waals surface area contributed by atoms with Gasteiger partial charge in [-0.15, -0.1) is 0 Å². The molecule has 1 heterocycles. The van der Waals surface area contributed by atoms with E-state index in [1.54, 1.807) is 37.6 Å². The van der Waals surface area contributed by atoms with E-state index in [2.05, 4.69) is 10.4 Å². The number of halogens is 1. The number of hydrogen-bond acceptors (Lipinski definition) is 6. The van der Waals surface area contributed by atoms with Crippen molar-refractivity contribution in [2.24, 2.45) is 0 Å². The van der Waals surface area contributed by atoms with Crippen molar-refractivity contribution in [3.63, 3.8) is 0 Å². The topological polar surface area (TPSA) is 109 Å². The lowest BCUT2D eigenvalue weighted by Gasteiger charge is -2.10. The van der Waals surface area contributed by atoms with Gasteiger partial charge in [0.2, 0.25) is 5.91 Å². The summed E-state index contributed by atoms with van der Waals surface area (Å²) in [6, 6.07) is 10.8. The van der Waals surface area contributed by atoms with Gasteiger partial charge >= 0.3 is 0 Å². The minimum Gasteiger partial charge on any atom is -0.497 e. The van der Waals surface area contributed by atoms with Crippen molar-refractivity contribution in [2.75, 3.05) is 12.4 Å². The fourth-order valence-corrected chi connectivity index (χ4v) is 2.66. The van der Waals surface area contributed by atoms with Gasteiger partial charge < -0.3 is 14.8 Å². The zero-order valence-corrected chi connectivity index (χ0v) is 16.1. The molecule has 0 bridgehead atoms. The highest BCUT2D eigenvalue weighted by atomic mass is 35.5. The van der Waals surface area contributed by atoms with Crippen molar-refractivity contribution in [3.8, 4) is 17.2 Å². The number of carbonyl (C=O) groups is 1.